The van der Waals surface area contributed by atoms with Gasteiger partial charge in [0.1, 0.15) is 5.54 Å². The van der Waals surface area contributed by atoms with Crippen LogP contribution in [-0.2, 0) is 6.54 Å². The van der Waals surface area contributed by atoms with Crippen LogP contribution in [0.15, 0.2) is 6.07 Å². The third-order valence-electron chi connectivity index (χ3n) is 2.94. The van der Waals surface area contributed by atoms with E-state index in [4.69, 9.17) is 0 Å². The molecular formula is C13H22N4. The fourth-order valence-corrected chi connectivity index (χ4v) is 1.82. The van der Waals surface area contributed by atoms with Gasteiger partial charge in [0, 0.05) is 12.2 Å². The van der Waals surface area contributed by atoms with E-state index in [2.05, 4.69) is 29.5 Å². The maximum atomic E-state index is 9.22. The first-order valence-electron chi connectivity index (χ1n) is 6.18. The average Bonchev–Trinajstić information content (AvgIpc) is 2.63. The molecule has 0 spiro atoms. The quantitative estimate of drug-likeness (QED) is 0.820. The van der Waals surface area contributed by atoms with Crippen LogP contribution in [0.4, 0.5) is 0 Å². The Kier molecular flexibility index (Phi) is 4.71. The van der Waals surface area contributed by atoms with Gasteiger partial charge in [-0.1, -0.05) is 6.92 Å². The van der Waals surface area contributed by atoms with Gasteiger partial charge in [0.2, 0.25) is 0 Å². The molecule has 1 aromatic rings. The first kappa shape index (κ1) is 13.7. The van der Waals surface area contributed by atoms with Crippen LogP contribution < -0.4 is 5.32 Å². The number of hydrogen-bond acceptors (Lipinski definition) is 3. The van der Waals surface area contributed by atoms with E-state index in [1.54, 1.807) is 0 Å². The van der Waals surface area contributed by atoms with Gasteiger partial charge in [0.15, 0.2) is 0 Å². The molecule has 1 heterocycles. The predicted octanol–water partition coefficient (Wildman–Crippen LogP) is 2.17. The third kappa shape index (κ3) is 3.86. The molecule has 0 aliphatic carbocycles. The fraction of sp³-hybridized carbons (Fsp3) is 0.692. The van der Waals surface area contributed by atoms with Crippen molar-refractivity contribution < 1.29 is 0 Å². The molecule has 0 radical (unpaired) electrons. The molecule has 94 valence electrons. The largest absolute Gasteiger partial charge is 0.300 e. The molecular weight excluding hydrogens is 212 g/mol. The molecule has 1 aromatic heterocycles. The number of nitrogens with zero attached hydrogens (tertiary/aromatic N) is 3. The Morgan fingerprint density at radius 2 is 2.24 bits per heavy atom. The summed E-state index contributed by atoms with van der Waals surface area (Å²) in [7, 11) is 0. The zero-order valence-electron chi connectivity index (χ0n) is 11.2. The highest BCUT2D eigenvalue weighted by Gasteiger charge is 2.22. The number of nitrogens with one attached hydrogen (secondary N) is 1. The molecule has 0 saturated carbocycles. The molecule has 4 heteroatoms. The number of rotatable bonds is 6. The zero-order valence-corrected chi connectivity index (χ0v) is 11.2. The molecule has 17 heavy (non-hydrogen) atoms. The number of nitriles is 1. The van der Waals surface area contributed by atoms with Gasteiger partial charge in [0.25, 0.3) is 0 Å². The van der Waals surface area contributed by atoms with Crippen molar-refractivity contribution in [1.29, 1.82) is 5.26 Å². The van der Waals surface area contributed by atoms with Crippen molar-refractivity contribution in [3.63, 3.8) is 0 Å². The van der Waals surface area contributed by atoms with Gasteiger partial charge < -0.3 is 0 Å². The van der Waals surface area contributed by atoms with Crippen molar-refractivity contribution in [2.45, 2.75) is 52.6 Å². The lowest BCUT2D eigenvalue weighted by molar-refractivity contribution is 0.380. The standard InChI is InChI=1S/C13H22N4/c1-5-7-15-13(4,10-14)6-8-17-12(3)9-11(2)16-17/h9,15H,5-8H2,1-4H3. The molecule has 4 nitrogen and oxygen atoms in total. The van der Waals surface area contributed by atoms with E-state index in [0.29, 0.717) is 0 Å². The van der Waals surface area contributed by atoms with E-state index in [1.165, 1.54) is 0 Å². The van der Waals surface area contributed by atoms with Crippen molar-refractivity contribution in [3.8, 4) is 6.07 Å². The Balaban J connectivity index is 2.59. The summed E-state index contributed by atoms with van der Waals surface area (Å²) in [4.78, 5) is 0. The molecule has 1 N–H and O–H groups in total. The third-order valence-corrected chi connectivity index (χ3v) is 2.94. The molecule has 0 fully saturated rings. The molecule has 0 amide bonds. The minimum Gasteiger partial charge on any atom is -0.300 e. The van der Waals surface area contributed by atoms with Crippen LogP contribution >= 0.6 is 0 Å². The molecule has 0 saturated heterocycles. The average molecular weight is 234 g/mol. The number of hydrogen-bond donors (Lipinski definition) is 1. The van der Waals surface area contributed by atoms with E-state index in [-0.39, 0.29) is 0 Å². The Hall–Kier alpha value is -1.34. The lowest BCUT2D eigenvalue weighted by Crippen LogP contribution is -2.42. The Labute approximate surface area is 104 Å². The van der Waals surface area contributed by atoms with Gasteiger partial charge >= 0.3 is 0 Å². The second-order valence-electron chi connectivity index (χ2n) is 4.77. The van der Waals surface area contributed by atoms with E-state index >= 15 is 0 Å². The lowest BCUT2D eigenvalue weighted by atomic mass is 10.00. The van der Waals surface area contributed by atoms with Crippen LogP contribution in [0.5, 0.6) is 0 Å². The van der Waals surface area contributed by atoms with Crippen LogP contribution in [0.2, 0.25) is 0 Å². The smallest absolute Gasteiger partial charge is 0.105 e. The molecule has 0 bridgehead atoms. The summed E-state index contributed by atoms with van der Waals surface area (Å²) >= 11 is 0. The number of aromatic nitrogens is 2. The van der Waals surface area contributed by atoms with Crippen molar-refractivity contribution in [3.05, 3.63) is 17.5 Å². The van der Waals surface area contributed by atoms with Gasteiger partial charge in [-0.2, -0.15) is 10.4 Å². The lowest BCUT2D eigenvalue weighted by Gasteiger charge is -2.23. The second-order valence-corrected chi connectivity index (χ2v) is 4.77. The first-order chi connectivity index (χ1) is 8.00. The predicted molar refractivity (Wildman–Crippen MR) is 68.6 cm³/mol. The van der Waals surface area contributed by atoms with E-state index < -0.39 is 5.54 Å². The van der Waals surface area contributed by atoms with E-state index in [1.807, 2.05) is 25.5 Å². The summed E-state index contributed by atoms with van der Waals surface area (Å²) in [6.45, 7) is 9.74. The van der Waals surface area contributed by atoms with Crippen molar-refractivity contribution in [2.75, 3.05) is 6.54 Å². The first-order valence-corrected chi connectivity index (χ1v) is 6.18. The van der Waals surface area contributed by atoms with Crippen LogP contribution in [0.3, 0.4) is 0 Å². The van der Waals surface area contributed by atoms with Gasteiger partial charge in [-0.15, -0.1) is 0 Å². The molecule has 0 aliphatic heterocycles. The molecule has 0 aliphatic rings. The highest BCUT2D eigenvalue weighted by atomic mass is 15.3. The maximum absolute atomic E-state index is 9.22. The maximum Gasteiger partial charge on any atom is 0.105 e. The monoisotopic (exact) mass is 234 g/mol. The Bertz CT molecular complexity index is 402. The van der Waals surface area contributed by atoms with E-state index in [9.17, 15) is 5.26 Å². The van der Waals surface area contributed by atoms with Crippen LogP contribution in [0.25, 0.3) is 0 Å². The minimum absolute atomic E-state index is 0.456. The van der Waals surface area contributed by atoms with E-state index in [0.717, 1.165) is 37.3 Å². The summed E-state index contributed by atoms with van der Waals surface area (Å²) in [6, 6.07) is 4.42. The minimum atomic E-state index is -0.456. The van der Waals surface area contributed by atoms with Crippen LogP contribution in [-0.4, -0.2) is 21.9 Å². The summed E-state index contributed by atoms with van der Waals surface area (Å²) in [5.74, 6) is 0. The summed E-state index contributed by atoms with van der Waals surface area (Å²) in [5.41, 5.74) is 1.73. The fourth-order valence-electron chi connectivity index (χ4n) is 1.82. The van der Waals surface area contributed by atoms with Gasteiger partial charge in [0.05, 0.1) is 11.8 Å². The highest BCUT2D eigenvalue weighted by Crippen LogP contribution is 2.11. The summed E-state index contributed by atoms with van der Waals surface area (Å²) < 4.78 is 1.97. The number of aryl methyl sites for hydroxylation is 3. The SMILES string of the molecule is CCCNC(C)(C#N)CCn1nc(C)cc1C. The Morgan fingerprint density at radius 1 is 1.53 bits per heavy atom. The van der Waals surface area contributed by atoms with Crippen molar-refractivity contribution in [2.24, 2.45) is 0 Å². The Morgan fingerprint density at radius 3 is 2.71 bits per heavy atom. The summed E-state index contributed by atoms with van der Waals surface area (Å²) in [6.07, 6.45) is 1.81. The molecule has 1 atom stereocenters. The second kappa shape index (κ2) is 5.83. The van der Waals surface area contributed by atoms with Crippen molar-refractivity contribution >= 4 is 0 Å². The van der Waals surface area contributed by atoms with Crippen LogP contribution in [0, 0.1) is 25.2 Å². The molecule has 1 unspecified atom stereocenters. The normalized spacial score (nSPS) is 14.3. The molecule has 0 aromatic carbocycles. The molecule has 1 rings (SSSR count). The zero-order chi connectivity index (χ0) is 12.9. The van der Waals surface area contributed by atoms with Crippen molar-refractivity contribution in [1.82, 2.24) is 15.1 Å². The topological polar surface area (TPSA) is 53.6 Å². The summed E-state index contributed by atoms with van der Waals surface area (Å²) in [5, 5.41) is 16.9. The van der Waals surface area contributed by atoms with Gasteiger partial charge in [-0.25, -0.2) is 0 Å². The van der Waals surface area contributed by atoms with Gasteiger partial charge in [-0.3, -0.25) is 10.00 Å². The van der Waals surface area contributed by atoms with Crippen LogP contribution in [0.1, 0.15) is 38.1 Å². The highest BCUT2D eigenvalue weighted by molar-refractivity contribution is 5.08. The van der Waals surface area contributed by atoms with Gasteiger partial charge in [-0.05, 0) is 46.2 Å².